The fourth-order valence-corrected chi connectivity index (χ4v) is 2.86. The molecule has 1 unspecified atom stereocenters. The van der Waals surface area contributed by atoms with Crippen molar-refractivity contribution in [2.45, 2.75) is 25.7 Å². The first kappa shape index (κ1) is 18.7. The highest BCUT2D eigenvalue weighted by Crippen LogP contribution is 2.26. The van der Waals surface area contributed by atoms with E-state index in [1.54, 1.807) is 25.4 Å². The van der Waals surface area contributed by atoms with Crippen molar-refractivity contribution in [2.75, 3.05) is 0 Å². The maximum Gasteiger partial charge on any atom is 0.573 e. The molecule has 0 aliphatic carbocycles. The summed E-state index contributed by atoms with van der Waals surface area (Å²) in [6.45, 7) is 1.89. The van der Waals surface area contributed by atoms with Crippen LogP contribution in [0.1, 0.15) is 24.0 Å². The van der Waals surface area contributed by atoms with Crippen molar-refractivity contribution < 1.29 is 22.7 Å². The normalized spacial score (nSPS) is 12.6. The Kier molecular flexibility index (Phi) is 5.30. The van der Waals surface area contributed by atoms with Crippen LogP contribution in [0.2, 0.25) is 0 Å². The third-order valence-corrected chi connectivity index (χ3v) is 4.17. The summed E-state index contributed by atoms with van der Waals surface area (Å²) in [7, 11) is 0. The first-order valence-electron chi connectivity index (χ1n) is 8.28. The first-order valence-corrected chi connectivity index (χ1v) is 8.28. The van der Waals surface area contributed by atoms with Gasteiger partial charge < -0.3 is 10.1 Å². The van der Waals surface area contributed by atoms with Gasteiger partial charge in [0.1, 0.15) is 5.75 Å². The van der Waals surface area contributed by atoms with Crippen LogP contribution in [-0.4, -0.2) is 17.3 Å². The number of halogens is 3. The Labute approximate surface area is 154 Å². The Morgan fingerprint density at radius 2 is 1.96 bits per heavy atom. The maximum atomic E-state index is 12.5. The molecule has 0 fully saturated rings. The van der Waals surface area contributed by atoms with Gasteiger partial charge in [0.15, 0.2) is 0 Å². The van der Waals surface area contributed by atoms with E-state index in [-0.39, 0.29) is 18.2 Å². The average Bonchev–Trinajstić information content (AvgIpc) is 2.64. The average molecular weight is 374 g/mol. The molecule has 0 spiro atoms. The number of pyridine rings is 1. The van der Waals surface area contributed by atoms with Gasteiger partial charge in [-0.05, 0) is 41.6 Å². The molecule has 0 aliphatic heterocycles. The minimum Gasteiger partial charge on any atom is -0.406 e. The second-order valence-corrected chi connectivity index (χ2v) is 6.08. The molecule has 4 nitrogen and oxygen atoms in total. The lowest BCUT2D eigenvalue weighted by Gasteiger charge is -2.15. The molecule has 1 heterocycles. The van der Waals surface area contributed by atoms with E-state index in [9.17, 15) is 18.0 Å². The number of carbonyl (C=O) groups excluding carboxylic acids is 1. The zero-order chi connectivity index (χ0) is 19.4. The van der Waals surface area contributed by atoms with Gasteiger partial charge in [0.05, 0.1) is 5.92 Å². The maximum absolute atomic E-state index is 12.5. The molecule has 27 heavy (non-hydrogen) atoms. The summed E-state index contributed by atoms with van der Waals surface area (Å²) in [6.07, 6.45) is -1.35. The van der Waals surface area contributed by atoms with Gasteiger partial charge in [-0.15, -0.1) is 13.2 Å². The van der Waals surface area contributed by atoms with Gasteiger partial charge in [-0.3, -0.25) is 9.78 Å². The third-order valence-electron chi connectivity index (χ3n) is 4.17. The number of amides is 1. The third kappa shape index (κ3) is 4.75. The lowest BCUT2D eigenvalue weighted by Crippen LogP contribution is -2.27. The number of benzene rings is 2. The van der Waals surface area contributed by atoms with E-state index in [1.807, 2.05) is 24.3 Å². The molecular formula is C20H17F3N2O2. The quantitative estimate of drug-likeness (QED) is 0.713. The monoisotopic (exact) mass is 374 g/mol. The molecule has 0 radical (unpaired) electrons. The summed E-state index contributed by atoms with van der Waals surface area (Å²) in [6, 6.07) is 13.1. The van der Waals surface area contributed by atoms with Crippen LogP contribution in [0, 0.1) is 0 Å². The van der Waals surface area contributed by atoms with Crippen LogP contribution in [0.4, 0.5) is 13.2 Å². The van der Waals surface area contributed by atoms with Crippen LogP contribution in [0.15, 0.2) is 60.9 Å². The van der Waals surface area contributed by atoms with Crippen LogP contribution in [0.5, 0.6) is 5.75 Å². The van der Waals surface area contributed by atoms with E-state index in [0.717, 1.165) is 16.3 Å². The van der Waals surface area contributed by atoms with Crippen LogP contribution >= 0.6 is 0 Å². The molecule has 0 aliphatic rings. The Hall–Kier alpha value is -3.09. The molecule has 1 N–H and O–H groups in total. The van der Waals surface area contributed by atoms with Crippen LogP contribution in [0.25, 0.3) is 10.8 Å². The first-order chi connectivity index (χ1) is 12.8. The second-order valence-electron chi connectivity index (χ2n) is 6.08. The highest BCUT2D eigenvalue weighted by molar-refractivity contribution is 5.92. The molecule has 140 valence electrons. The summed E-state index contributed by atoms with van der Waals surface area (Å²) >= 11 is 0. The van der Waals surface area contributed by atoms with Crippen molar-refractivity contribution in [3.8, 4) is 5.75 Å². The van der Waals surface area contributed by atoms with Gasteiger partial charge in [0.2, 0.25) is 5.91 Å². The molecule has 1 atom stereocenters. The Balaban J connectivity index is 1.69. The minimum atomic E-state index is -4.75. The summed E-state index contributed by atoms with van der Waals surface area (Å²) in [5, 5.41) is 4.64. The molecular weight excluding hydrogens is 357 g/mol. The van der Waals surface area contributed by atoms with E-state index in [0.29, 0.717) is 5.56 Å². The number of ether oxygens (including phenoxy) is 1. The summed E-state index contributed by atoms with van der Waals surface area (Å²) < 4.78 is 40.8. The van der Waals surface area contributed by atoms with Crippen molar-refractivity contribution in [3.63, 3.8) is 0 Å². The van der Waals surface area contributed by atoms with Crippen molar-refractivity contribution in [2.24, 2.45) is 0 Å². The largest absolute Gasteiger partial charge is 0.573 e. The van der Waals surface area contributed by atoms with Crippen LogP contribution in [0.3, 0.4) is 0 Å². The van der Waals surface area contributed by atoms with E-state index < -0.39 is 12.3 Å². The van der Waals surface area contributed by atoms with E-state index in [1.165, 1.54) is 18.2 Å². The van der Waals surface area contributed by atoms with Gasteiger partial charge in [0.25, 0.3) is 0 Å². The minimum absolute atomic E-state index is 0.102. The molecule has 1 aromatic heterocycles. The molecule has 3 aromatic rings. The summed E-state index contributed by atoms with van der Waals surface area (Å²) in [5.74, 6) is -0.962. The summed E-state index contributed by atoms with van der Waals surface area (Å²) in [5.41, 5.74) is 1.38. The van der Waals surface area contributed by atoms with Crippen molar-refractivity contribution >= 4 is 16.7 Å². The van der Waals surface area contributed by atoms with Crippen molar-refractivity contribution in [1.29, 1.82) is 0 Å². The van der Waals surface area contributed by atoms with E-state index in [4.69, 9.17) is 0 Å². The fourth-order valence-electron chi connectivity index (χ4n) is 2.86. The Bertz CT molecular complexity index is 952. The standard InChI is InChI=1S/C20H17F3N2O2/c1-13(17-7-3-5-15-12-24-9-8-18(15)17)19(26)25-11-14-4-2-6-16(10-14)27-20(21,22)23/h2-10,12-13H,11H2,1H3,(H,25,26). The molecule has 2 aromatic carbocycles. The second kappa shape index (κ2) is 7.65. The van der Waals surface area contributed by atoms with Crippen LogP contribution in [-0.2, 0) is 11.3 Å². The fraction of sp³-hybridized carbons (Fsp3) is 0.200. The lowest BCUT2D eigenvalue weighted by molar-refractivity contribution is -0.274. The van der Waals surface area contributed by atoms with E-state index >= 15 is 0 Å². The van der Waals surface area contributed by atoms with Crippen molar-refractivity contribution in [3.05, 3.63) is 72.1 Å². The zero-order valence-electron chi connectivity index (χ0n) is 14.5. The number of fused-ring (bicyclic) bond motifs is 1. The smallest absolute Gasteiger partial charge is 0.406 e. The molecule has 7 heteroatoms. The van der Waals surface area contributed by atoms with Crippen molar-refractivity contribution in [1.82, 2.24) is 10.3 Å². The zero-order valence-corrected chi connectivity index (χ0v) is 14.5. The predicted molar refractivity (Wildman–Crippen MR) is 95.1 cm³/mol. The number of rotatable bonds is 5. The molecule has 0 saturated carbocycles. The van der Waals surface area contributed by atoms with Gasteiger partial charge >= 0.3 is 6.36 Å². The van der Waals surface area contributed by atoms with Gasteiger partial charge in [-0.25, -0.2) is 0 Å². The number of hydrogen-bond donors (Lipinski definition) is 1. The van der Waals surface area contributed by atoms with Gasteiger partial charge in [-0.2, -0.15) is 0 Å². The number of nitrogens with zero attached hydrogens (tertiary/aromatic N) is 1. The number of alkyl halides is 3. The predicted octanol–water partition coefficient (Wildman–Crippen LogP) is 4.55. The number of aromatic nitrogens is 1. The highest BCUT2D eigenvalue weighted by atomic mass is 19.4. The SMILES string of the molecule is CC(C(=O)NCc1cccc(OC(F)(F)F)c1)c1cccc2cnccc12. The molecule has 3 rings (SSSR count). The topological polar surface area (TPSA) is 51.2 Å². The number of carbonyl (C=O) groups is 1. The number of nitrogens with one attached hydrogen (secondary N) is 1. The van der Waals surface area contributed by atoms with Crippen LogP contribution < -0.4 is 10.1 Å². The molecule has 0 saturated heterocycles. The van der Waals surface area contributed by atoms with Gasteiger partial charge in [-0.1, -0.05) is 30.3 Å². The van der Waals surface area contributed by atoms with Gasteiger partial charge in [0, 0.05) is 24.3 Å². The highest BCUT2D eigenvalue weighted by Gasteiger charge is 2.31. The Morgan fingerprint density at radius 3 is 2.74 bits per heavy atom. The number of hydrogen-bond acceptors (Lipinski definition) is 3. The molecule has 0 bridgehead atoms. The van der Waals surface area contributed by atoms with E-state index in [2.05, 4.69) is 15.0 Å². The Morgan fingerprint density at radius 1 is 1.19 bits per heavy atom. The lowest BCUT2D eigenvalue weighted by atomic mass is 9.95. The summed E-state index contributed by atoms with van der Waals surface area (Å²) in [4.78, 5) is 16.6. The molecule has 1 amide bonds.